The Balaban J connectivity index is 4.89. The van der Waals surface area contributed by atoms with E-state index in [1.54, 1.807) is 27.7 Å². The average Bonchev–Trinajstić information content (AvgIpc) is 2.69. The molecule has 0 aliphatic carbocycles. The van der Waals surface area contributed by atoms with E-state index in [4.69, 9.17) is 18.5 Å². The third-order valence-corrected chi connectivity index (χ3v) is 5.73. The van der Waals surface area contributed by atoms with Gasteiger partial charge < -0.3 is 24.8 Å². The number of carbonyl (C=O) groups is 4. The fourth-order valence-electron chi connectivity index (χ4n) is 2.24. The Hall–Kier alpha value is -2.17. The number of alkyl carbamates (subject to hydrolysis) is 1. The van der Waals surface area contributed by atoms with Crippen molar-refractivity contribution in [2.24, 2.45) is 5.41 Å². The van der Waals surface area contributed by atoms with Crippen molar-refractivity contribution in [1.29, 1.82) is 0 Å². The molecule has 0 saturated carbocycles. The van der Waals surface area contributed by atoms with Crippen LogP contribution >= 0.6 is 7.60 Å². The minimum absolute atomic E-state index is 0.0203. The summed E-state index contributed by atoms with van der Waals surface area (Å²) < 4.78 is 37.7. The van der Waals surface area contributed by atoms with Crippen LogP contribution in [0.25, 0.3) is 0 Å². The molecule has 0 aliphatic heterocycles. The SMILES string of the molecule is CCC(C)(C)[C@@H](OP(C)(=O)OCOC(=O)NC(C)(C)COC(C)=O)C(=O)NCCC(=O)OC. The highest BCUT2D eigenvalue weighted by molar-refractivity contribution is 7.53. The molecule has 33 heavy (non-hydrogen) atoms. The molecule has 0 bridgehead atoms. The maximum Gasteiger partial charge on any atom is 0.409 e. The van der Waals surface area contributed by atoms with Gasteiger partial charge in [0.2, 0.25) is 12.7 Å². The van der Waals surface area contributed by atoms with Crippen LogP contribution in [-0.4, -0.2) is 69.3 Å². The third-order valence-electron chi connectivity index (χ3n) is 4.57. The Morgan fingerprint density at radius 2 is 1.67 bits per heavy atom. The van der Waals surface area contributed by atoms with Gasteiger partial charge in [0.25, 0.3) is 0 Å². The van der Waals surface area contributed by atoms with Gasteiger partial charge in [0.15, 0.2) is 6.10 Å². The normalized spacial score (nSPS) is 14.4. The van der Waals surface area contributed by atoms with Crippen LogP contribution in [0.1, 0.15) is 54.4 Å². The molecule has 0 heterocycles. The lowest BCUT2D eigenvalue weighted by atomic mass is 9.83. The van der Waals surface area contributed by atoms with Crippen molar-refractivity contribution < 1.29 is 47.0 Å². The fraction of sp³-hybridized carbons (Fsp3) is 0.800. The van der Waals surface area contributed by atoms with Crippen LogP contribution in [-0.2, 0) is 42.2 Å². The van der Waals surface area contributed by atoms with Gasteiger partial charge in [0, 0.05) is 25.5 Å². The first-order chi connectivity index (χ1) is 15.0. The maximum absolute atomic E-state index is 12.8. The second-order valence-electron chi connectivity index (χ2n) is 8.68. The summed E-state index contributed by atoms with van der Waals surface area (Å²) in [5.74, 6) is -1.55. The summed E-state index contributed by atoms with van der Waals surface area (Å²) in [6.45, 7) is 10.2. The van der Waals surface area contributed by atoms with Gasteiger partial charge in [0.1, 0.15) is 6.61 Å². The summed E-state index contributed by atoms with van der Waals surface area (Å²) in [5.41, 5.74) is -1.63. The van der Waals surface area contributed by atoms with Gasteiger partial charge in [-0.05, 0) is 20.3 Å². The zero-order valence-corrected chi connectivity index (χ0v) is 21.5. The molecule has 0 rings (SSSR count). The number of esters is 2. The molecule has 13 heteroatoms. The maximum atomic E-state index is 12.8. The number of ether oxygens (including phenoxy) is 3. The third kappa shape index (κ3) is 13.2. The molecule has 0 saturated heterocycles. The van der Waals surface area contributed by atoms with Gasteiger partial charge in [-0.2, -0.15) is 0 Å². The van der Waals surface area contributed by atoms with E-state index in [9.17, 15) is 23.7 Å². The van der Waals surface area contributed by atoms with Crippen LogP contribution in [0.2, 0.25) is 0 Å². The Morgan fingerprint density at radius 1 is 1.06 bits per heavy atom. The molecule has 2 N–H and O–H groups in total. The fourth-order valence-corrected chi connectivity index (χ4v) is 3.31. The Morgan fingerprint density at radius 3 is 2.18 bits per heavy atom. The Bertz CT molecular complexity index is 738. The first-order valence-corrected chi connectivity index (χ1v) is 12.4. The van der Waals surface area contributed by atoms with Crippen molar-refractivity contribution in [2.75, 3.05) is 33.7 Å². The molecule has 192 valence electrons. The van der Waals surface area contributed by atoms with Crippen LogP contribution < -0.4 is 10.6 Å². The lowest BCUT2D eigenvalue weighted by molar-refractivity contribution is -0.143. The zero-order valence-electron chi connectivity index (χ0n) is 20.6. The van der Waals surface area contributed by atoms with Crippen LogP contribution in [0.15, 0.2) is 0 Å². The summed E-state index contributed by atoms with van der Waals surface area (Å²) in [7, 11) is -2.59. The van der Waals surface area contributed by atoms with Gasteiger partial charge >= 0.3 is 25.6 Å². The van der Waals surface area contributed by atoms with E-state index in [2.05, 4.69) is 15.4 Å². The Kier molecular flexibility index (Phi) is 12.6. The van der Waals surface area contributed by atoms with Gasteiger partial charge in [-0.1, -0.05) is 20.8 Å². The van der Waals surface area contributed by atoms with Crippen molar-refractivity contribution >= 4 is 31.5 Å². The lowest BCUT2D eigenvalue weighted by Crippen LogP contribution is -2.47. The number of hydrogen-bond acceptors (Lipinski definition) is 10. The summed E-state index contributed by atoms with van der Waals surface area (Å²) in [4.78, 5) is 46.7. The summed E-state index contributed by atoms with van der Waals surface area (Å²) in [6, 6.07) is 0. The smallest absolute Gasteiger partial charge is 0.409 e. The van der Waals surface area contributed by atoms with Gasteiger partial charge in [-0.3, -0.25) is 28.0 Å². The molecule has 0 aromatic heterocycles. The van der Waals surface area contributed by atoms with Gasteiger partial charge in [0.05, 0.1) is 19.1 Å². The first-order valence-electron chi connectivity index (χ1n) is 10.4. The average molecular weight is 496 g/mol. The predicted molar refractivity (Wildman–Crippen MR) is 118 cm³/mol. The van der Waals surface area contributed by atoms with Crippen molar-refractivity contribution in [1.82, 2.24) is 10.6 Å². The minimum Gasteiger partial charge on any atom is -0.469 e. The van der Waals surface area contributed by atoms with Crippen molar-refractivity contribution in [3.63, 3.8) is 0 Å². The largest absolute Gasteiger partial charge is 0.469 e. The highest BCUT2D eigenvalue weighted by Gasteiger charge is 2.39. The Labute approximate surface area is 194 Å². The van der Waals surface area contributed by atoms with Crippen molar-refractivity contribution in [3.05, 3.63) is 0 Å². The molecule has 12 nitrogen and oxygen atoms in total. The van der Waals surface area contributed by atoms with E-state index >= 15 is 0 Å². The number of amides is 2. The molecule has 0 aromatic rings. The molecule has 0 spiro atoms. The molecule has 0 fully saturated rings. The quantitative estimate of drug-likeness (QED) is 0.158. The molecule has 0 aromatic carbocycles. The van der Waals surface area contributed by atoms with Crippen molar-refractivity contribution in [3.8, 4) is 0 Å². The van der Waals surface area contributed by atoms with E-state index in [1.165, 1.54) is 14.0 Å². The van der Waals surface area contributed by atoms with Crippen LogP contribution in [0.4, 0.5) is 4.79 Å². The van der Waals surface area contributed by atoms with Crippen LogP contribution in [0.3, 0.4) is 0 Å². The first kappa shape index (κ1) is 30.8. The molecular formula is C20H37N2O10P. The molecule has 2 amide bonds. The second-order valence-corrected chi connectivity index (χ2v) is 10.7. The van der Waals surface area contributed by atoms with Gasteiger partial charge in [-0.25, -0.2) is 4.79 Å². The summed E-state index contributed by atoms with van der Waals surface area (Å²) in [5, 5.41) is 5.03. The summed E-state index contributed by atoms with van der Waals surface area (Å²) in [6.07, 6.45) is -1.57. The van der Waals surface area contributed by atoms with E-state index in [0.29, 0.717) is 6.42 Å². The molecular weight excluding hydrogens is 459 g/mol. The molecule has 0 aliphatic rings. The lowest BCUT2D eigenvalue weighted by Gasteiger charge is -2.33. The number of nitrogens with one attached hydrogen (secondary N) is 2. The predicted octanol–water partition coefficient (Wildman–Crippen LogP) is 2.35. The molecule has 0 radical (unpaired) electrons. The highest BCUT2D eigenvalue weighted by atomic mass is 31.2. The highest BCUT2D eigenvalue weighted by Crippen LogP contribution is 2.48. The number of methoxy groups -OCH3 is 1. The monoisotopic (exact) mass is 496 g/mol. The number of carbonyl (C=O) groups excluding carboxylic acids is 4. The van der Waals surface area contributed by atoms with E-state index < -0.39 is 55.4 Å². The topological polar surface area (TPSA) is 156 Å². The van der Waals surface area contributed by atoms with E-state index in [1.807, 2.05) is 6.92 Å². The number of rotatable bonds is 14. The standard InChI is InChI=1S/C20H37N2O10P/c1-9-19(3,4)16(17(25)21-11-10-15(24)28-7)32-33(8,27)31-13-30-18(26)22-20(5,6)12-29-14(2)23/h16H,9-13H2,1-8H3,(H,21,25)(H,22,26)/t16-,33?/m0/s1. The zero-order chi connectivity index (χ0) is 25.9. The number of hydrogen-bond donors (Lipinski definition) is 2. The minimum atomic E-state index is -3.83. The second kappa shape index (κ2) is 13.5. The van der Waals surface area contributed by atoms with Crippen molar-refractivity contribution in [2.45, 2.75) is 66.0 Å². The van der Waals surface area contributed by atoms with E-state index in [0.717, 1.165) is 6.66 Å². The molecule has 1 unspecified atom stereocenters. The van der Waals surface area contributed by atoms with E-state index in [-0.39, 0.29) is 19.6 Å². The van der Waals surface area contributed by atoms with Gasteiger partial charge in [-0.15, -0.1) is 0 Å². The van der Waals surface area contributed by atoms with Crippen LogP contribution in [0.5, 0.6) is 0 Å². The molecule has 2 atom stereocenters. The summed E-state index contributed by atoms with van der Waals surface area (Å²) >= 11 is 0. The van der Waals surface area contributed by atoms with Crippen LogP contribution in [0, 0.1) is 5.41 Å².